The minimum Gasteiger partial charge on any atom is -0.508 e. The van der Waals surface area contributed by atoms with Gasteiger partial charge in [-0.3, -0.25) is 0 Å². The second-order valence-electron chi connectivity index (χ2n) is 4.39. The number of benzene rings is 1. The molecule has 0 aromatic heterocycles. The molecule has 1 aromatic rings. The van der Waals surface area contributed by atoms with Crippen LogP contribution in [-0.2, 0) is 11.2 Å². The van der Waals surface area contributed by atoms with Gasteiger partial charge in [0.2, 0.25) is 0 Å². The van der Waals surface area contributed by atoms with E-state index in [0.29, 0.717) is 18.4 Å². The van der Waals surface area contributed by atoms with E-state index in [1.165, 1.54) is 13.2 Å². The second-order valence-corrected chi connectivity index (χ2v) is 4.39. The van der Waals surface area contributed by atoms with Gasteiger partial charge in [0.05, 0.1) is 12.7 Å². The zero-order chi connectivity index (χ0) is 12.6. The average molecular weight is 238 g/mol. The molecule has 5 heteroatoms. The minimum atomic E-state index is -0.776. The number of aromatic hydroxyl groups is 2. The van der Waals surface area contributed by atoms with E-state index in [1.807, 2.05) is 0 Å². The molecule has 0 saturated heterocycles. The molecule has 0 aliphatic heterocycles. The summed E-state index contributed by atoms with van der Waals surface area (Å²) in [6.07, 6.45) is 1.63. The van der Waals surface area contributed by atoms with Crippen LogP contribution in [0.4, 0.5) is 0 Å². The van der Waals surface area contributed by atoms with Gasteiger partial charge in [-0.2, -0.15) is 0 Å². The van der Waals surface area contributed by atoms with Crippen LogP contribution in [0.2, 0.25) is 0 Å². The average Bonchev–Trinajstić information content (AvgIpc) is 2.99. The van der Waals surface area contributed by atoms with Gasteiger partial charge >= 0.3 is 5.97 Å². The number of methoxy groups -OCH3 is 1. The number of phenols is 2. The minimum absolute atomic E-state index is 0.00968. The lowest BCUT2D eigenvalue weighted by atomic mass is 10.0. The molecule has 1 fully saturated rings. The first-order chi connectivity index (χ1) is 7.95. The summed E-state index contributed by atoms with van der Waals surface area (Å²) in [6.45, 7) is 0. The highest BCUT2D eigenvalue weighted by atomic mass is 16.5. The Morgan fingerprint density at radius 1 is 1.35 bits per heavy atom. The first-order valence-electron chi connectivity index (χ1n) is 5.31. The molecule has 5 nitrogen and oxygen atoms in total. The summed E-state index contributed by atoms with van der Waals surface area (Å²) in [4.78, 5) is 11.4. The van der Waals surface area contributed by atoms with Gasteiger partial charge in [0.1, 0.15) is 17.1 Å². The molecular weight excluding hydrogens is 224 g/mol. The van der Waals surface area contributed by atoms with Gasteiger partial charge in [-0.05, 0) is 24.5 Å². The van der Waals surface area contributed by atoms with Crippen LogP contribution in [0.3, 0.4) is 0 Å². The summed E-state index contributed by atoms with van der Waals surface area (Å²) in [5.74, 6) is -1.14. The lowest BCUT2D eigenvalue weighted by Gasteiger charge is -2.11. The largest absolute Gasteiger partial charge is 0.508 e. The molecule has 1 saturated carbocycles. The first kappa shape index (κ1) is 11.7. The van der Waals surface area contributed by atoms with E-state index in [4.69, 9.17) is 0 Å². The molecule has 1 aromatic carbocycles. The number of hydrogen-bond acceptors (Lipinski definition) is 5. The molecular formula is C12H14O5. The SMILES string of the molecule is COC(=O)c1cc(CC2(O)CC2)c(O)cc1O. The number of rotatable bonds is 3. The Morgan fingerprint density at radius 2 is 2.00 bits per heavy atom. The van der Waals surface area contributed by atoms with Crippen molar-refractivity contribution in [3.63, 3.8) is 0 Å². The maximum Gasteiger partial charge on any atom is 0.341 e. The molecule has 0 heterocycles. The zero-order valence-corrected chi connectivity index (χ0v) is 9.43. The van der Waals surface area contributed by atoms with Crippen LogP contribution in [0, 0.1) is 0 Å². The van der Waals surface area contributed by atoms with E-state index in [1.54, 1.807) is 0 Å². The van der Waals surface area contributed by atoms with E-state index in [2.05, 4.69) is 4.74 Å². The Hall–Kier alpha value is -1.75. The monoisotopic (exact) mass is 238 g/mol. The lowest BCUT2D eigenvalue weighted by molar-refractivity contribution is 0.0597. The fraction of sp³-hybridized carbons (Fsp3) is 0.417. The molecule has 2 rings (SSSR count). The van der Waals surface area contributed by atoms with E-state index in [-0.39, 0.29) is 23.5 Å². The van der Waals surface area contributed by atoms with Crippen molar-refractivity contribution in [3.05, 3.63) is 23.3 Å². The predicted octanol–water partition coefficient (Wildman–Crippen LogP) is 0.952. The standard InChI is InChI=1S/C12H14O5/c1-17-11(15)8-4-7(6-12(16)2-3-12)9(13)5-10(8)14/h4-5,13-14,16H,2-3,6H2,1H3. The van der Waals surface area contributed by atoms with Gasteiger partial charge in [-0.25, -0.2) is 4.79 Å². The first-order valence-corrected chi connectivity index (χ1v) is 5.31. The molecule has 17 heavy (non-hydrogen) atoms. The molecule has 1 aliphatic rings. The molecule has 0 radical (unpaired) electrons. The van der Waals surface area contributed by atoms with E-state index < -0.39 is 11.6 Å². The van der Waals surface area contributed by atoms with Crippen molar-refractivity contribution >= 4 is 5.97 Å². The molecule has 0 bridgehead atoms. The third-order valence-corrected chi connectivity index (χ3v) is 2.95. The van der Waals surface area contributed by atoms with Crippen LogP contribution in [-0.4, -0.2) is 34.0 Å². The predicted molar refractivity (Wildman–Crippen MR) is 59.0 cm³/mol. The van der Waals surface area contributed by atoms with Crippen molar-refractivity contribution in [3.8, 4) is 11.5 Å². The fourth-order valence-electron chi connectivity index (χ4n) is 1.71. The maximum atomic E-state index is 11.4. The number of phenolic OH excluding ortho intramolecular Hbond substituents is 2. The highest BCUT2D eigenvalue weighted by Gasteiger charge is 2.41. The zero-order valence-electron chi connectivity index (χ0n) is 9.43. The van der Waals surface area contributed by atoms with Crippen LogP contribution in [0.1, 0.15) is 28.8 Å². The lowest BCUT2D eigenvalue weighted by Crippen LogP contribution is -2.12. The highest BCUT2D eigenvalue weighted by Crippen LogP contribution is 2.41. The van der Waals surface area contributed by atoms with Crippen LogP contribution in [0.5, 0.6) is 11.5 Å². The Balaban J connectivity index is 2.35. The van der Waals surface area contributed by atoms with E-state index >= 15 is 0 Å². The number of aliphatic hydroxyl groups is 1. The maximum absolute atomic E-state index is 11.4. The summed E-state index contributed by atoms with van der Waals surface area (Å²) >= 11 is 0. The number of carbonyl (C=O) groups excluding carboxylic acids is 1. The summed E-state index contributed by atoms with van der Waals surface area (Å²) in [7, 11) is 1.21. The molecule has 1 aliphatic carbocycles. The summed E-state index contributed by atoms with van der Waals surface area (Å²) in [6, 6.07) is 2.44. The third-order valence-electron chi connectivity index (χ3n) is 2.95. The summed E-state index contributed by atoms with van der Waals surface area (Å²) in [5, 5.41) is 28.9. The highest BCUT2D eigenvalue weighted by molar-refractivity contribution is 5.92. The quantitative estimate of drug-likeness (QED) is 0.682. The van der Waals surface area contributed by atoms with Crippen LogP contribution in [0.25, 0.3) is 0 Å². The molecule has 3 N–H and O–H groups in total. The Morgan fingerprint density at radius 3 is 2.53 bits per heavy atom. The van der Waals surface area contributed by atoms with Crippen molar-refractivity contribution in [1.29, 1.82) is 0 Å². The molecule has 92 valence electrons. The smallest absolute Gasteiger partial charge is 0.341 e. The van der Waals surface area contributed by atoms with E-state index in [9.17, 15) is 20.1 Å². The topological polar surface area (TPSA) is 87.0 Å². The molecule has 0 amide bonds. The summed E-state index contributed by atoms with van der Waals surface area (Å²) < 4.78 is 4.51. The van der Waals surface area contributed by atoms with Gasteiger partial charge in [0.25, 0.3) is 0 Å². The normalized spacial score (nSPS) is 16.6. The Kier molecular flexibility index (Phi) is 2.71. The second kappa shape index (κ2) is 3.92. The number of esters is 1. The van der Waals surface area contributed by atoms with Gasteiger partial charge in [-0.15, -0.1) is 0 Å². The van der Waals surface area contributed by atoms with E-state index in [0.717, 1.165) is 6.07 Å². The number of hydrogen-bond donors (Lipinski definition) is 3. The molecule has 0 atom stereocenters. The van der Waals surface area contributed by atoms with Crippen LogP contribution in [0.15, 0.2) is 12.1 Å². The van der Waals surface area contributed by atoms with Crippen LogP contribution < -0.4 is 0 Å². The van der Waals surface area contributed by atoms with Crippen molar-refractivity contribution < 1.29 is 24.9 Å². The Labute approximate surface area is 98.3 Å². The van der Waals surface area contributed by atoms with Crippen LogP contribution >= 0.6 is 0 Å². The molecule has 0 spiro atoms. The summed E-state index contributed by atoms with van der Waals surface area (Å²) in [5.41, 5.74) is -0.352. The van der Waals surface area contributed by atoms with Gasteiger partial charge in [0.15, 0.2) is 0 Å². The Bertz CT molecular complexity index is 462. The van der Waals surface area contributed by atoms with Gasteiger partial charge in [-0.1, -0.05) is 0 Å². The van der Waals surface area contributed by atoms with Gasteiger partial charge < -0.3 is 20.1 Å². The van der Waals surface area contributed by atoms with Crippen molar-refractivity contribution in [1.82, 2.24) is 0 Å². The van der Waals surface area contributed by atoms with Crippen molar-refractivity contribution in [2.75, 3.05) is 7.11 Å². The number of ether oxygens (including phenoxy) is 1. The number of carbonyl (C=O) groups is 1. The fourth-order valence-corrected chi connectivity index (χ4v) is 1.71. The third kappa shape index (κ3) is 2.34. The van der Waals surface area contributed by atoms with Crippen molar-refractivity contribution in [2.45, 2.75) is 24.9 Å². The van der Waals surface area contributed by atoms with Gasteiger partial charge in [0, 0.05) is 12.5 Å². The van der Waals surface area contributed by atoms with Crippen molar-refractivity contribution in [2.24, 2.45) is 0 Å². The molecule has 0 unspecified atom stereocenters.